The van der Waals surface area contributed by atoms with Gasteiger partial charge in [-0.25, -0.2) is 5.10 Å². The first-order chi connectivity index (χ1) is 13.0. The molecule has 0 saturated heterocycles. The van der Waals surface area contributed by atoms with Gasteiger partial charge in [-0.15, -0.1) is 5.10 Å². The molecule has 0 spiro atoms. The van der Waals surface area contributed by atoms with Crippen molar-refractivity contribution in [3.05, 3.63) is 39.1 Å². The summed E-state index contributed by atoms with van der Waals surface area (Å²) in [6.07, 6.45) is 1.77. The molecule has 0 aliphatic heterocycles. The van der Waals surface area contributed by atoms with Crippen molar-refractivity contribution in [3.63, 3.8) is 0 Å². The Morgan fingerprint density at radius 3 is 2.74 bits per heavy atom. The van der Waals surface area contributed by atoms with Crippen LogP contribution in [-0.2, 0) is 6.54 Å². The highest BCUT2D eigenvalue weighted by Gasteiger charge is 2.15. The molecule has 27 heavy (non-hydrogen) atoms. The second kappa shape index (κ2) is 10.1. The lowest BCUT2D eigenvalue weighted by Gasteiger charge is -2.17. The van der Waals surface area contributed by atoms with Crippen LogP contribution in [0, 0.1) is 0 Å². The van der Waals surface area contributed by atoms with Crippen LogP contribution in [0.3, 0.4) is 0 Å². The molecule has 1 unspecified atom stereocenters. The molecule has 2 N–H and O–H groups in total. The lowest BCUT2D eigenvalue weighted by atomic mass is 10.2. The molecular weight excluding hydrogens is 370 g/mol. The zero-order valence-corrected chi connectivity index (χ0v) is 16.9. The molecule has 1 aromatic heterocycles. The number of aromatic nitrogens is 2. The summed E-state index contributed by atoms with van der Waals surface area (Å²) in [7, 11) is 1.61. The molecule has 0 fully saturated rings. The maximum Gasteiger partial charge on any atom is 0.285 e. The van der Waals surface area contributed by atoms with Crippen LogP contribution in [0.5, 0.6) is 17.4 Å². The van der Waals surface area contributed by atoms with Crippen molar-refractivity contribution < 1.29 is 14.2 Å². The highest BCUT2D eigenvalue weighted by atomic mass is 35.5. The summed E-state index contributed by atoms with van der Waals surface area (Å²) in [5, 5.41) is 9.42. The molecule has 2 rings (SSSR count). The summed E-state index contributed by atoms with van der Waals surface area (Å²) < 4.78 is 16.9. The summed E-state index contributed by atoms with van der Waals surface area (Å²) in [6.45, 7) is 6.93. The summed E-state index contributed by atoms with van der Waals surface area (Å²) >= 11 is 6.14. The molecule has 2 aromatic rings. The maximum absolute atomic E-state index is 11.8. The van der Waals surface area contributed by atoms with Gasteiger partial charge in [-0.05, 0) is 37.5 Å². The lowest BCUT2D eigenvalue weighted by molar-refractivity contribution is 0.207. The molecule has 7 nitrogen and oxygen atoms in total. The van der Waals surface area contributed by atoms with E-state index >= 15 is 0 Å². The molecule has 0 saturated carbocycles. The molecule has 0 amide bonds. The summed E-state index contributed by atoms with van der Waals surface area (Å²) in [4.78, 5) is 11.8. The highest BCUT2D eigenvalue weighted by molar-refractivity contribution is 6.33. The van der Waals surface area contributed by atoms with Gasteiger partial charge in [0.2, 0.25) is 0 Å². The fourth-order valence-corrected chi connectivity index (χ4v) is 2.47. The van der Waals surface area contributed by atoms with Gasteiger partial charge in [0.1, 0.15) is 10.7 Å². The van der Waals surface area contributed by atoms with Gasteiger partial charge in [0.15, 0.2) is 11.5 Å². The summed E-state index contributed by atoms with van der Waals surface area (Å²) in [5.74, 6) is 1.61. The Kier molecular flexibility index (Phi) is 7.79. The Labute approximate surface area is 164 Å². The van der Waals surface area contributed by atoms with Gasteiger partial charge in [0.05, 0.1) is 19.8 Å². The number of hydrogen-bond acceptors (Lipinski definition) is 6. The van der Waals surface area contributed by atoms with Gasteiger partial charge in [-0.1, -0.05) is 31.5 Å². The van der Waals surface area contributed by atoms with Crippen LogP contribution in [0.1, 0.15) is 39.2 Å². The van der Waals surface area contributed by atoms with E-state index in [0.29, 0.717) is 30.3 Å². The molecule has 1 aromatic carbocycles. The van der Waals surface area contributed by atoms with Crippen molar-refractivity contribution in [2.24, 2.45) is 0 Å². The SMILES string of the molecule is CCCOc1n[nH]c(=O)c(Cl)c1NCc1ccc(OC)c(OC(C)CC)c1. The van der Waals surface area contributed by atoms with E-state index in [1.807, 2.05) is 32.0 Å². The number of H-pyrrole nitrogens is 1. The molecule has 0 aliphatic rings. The van der Waals surface area contributed by atoms with Crippen molar-refractivity contribution in [1.29, 1.82) is 0 Å². The van der Waals surface area contributed by atoms with Crippen LogP contribution in [0.25, 0.3) is 0 Å². The fraction of sp³-hybridized carbons (Fsp3) is 0.474. The van der Waals surface area contributed by atoms with Crippen molar-refractivity contribution in [1.82, 2.24) is 10.2 Å². The average molecular weight is 396 g/mol. The van der Waals surface area contributed by atoms with Crippen molar-refractivity contribution in [2.45, 2.75) is 46.3 Å². The third-order valence-corrected chi connectivity index (χ3v) is 4.30. The molecule has 0 radical (unpaired) electrons. The quantitative estimate of drug-likeness (QED) is 0.632. The third kappa shape index (κ3) is 5.53. The normalized spacial score (nSPS) is 11.7. The van der Waals surface area contributed by atoms with Crippen LogP contribution >= 0.6 is 11.6 Å². The molecular formula is C19H26ClN3O4. The monoisotopic (exact) mass is 395 g/mol. The Bertz CT molecular complexity index is 810. The van der Waals surface area contributed by atoms with Gasteiger partial charge in [-0.2, -0.15) is 0 Å². The smallest absolute Gasteiger partial charge is 0.285 e. The van der Waals surface area contributed by atoms with E-state index in [1.165, 1.54) is 0 Å². The minimum atomic E-state index is -0.474. The predicted molar refractivity (Wildman–Crippen MR) is 106 cm³/mol. The number of nitrogens with one attached hydrogen (secondary N) is 2. The number of benzene rings is 1. The van der Waals surface area contributed by atoms with E-state index < -0.39 is 5.56 Å². The first-order valence-electron chi connectivity index (χ1n) is 8.98. The molecule has 0 bridgehead atoms. The van der Waals surface area contributed by atoms with Gasteiger partial charge in [0.25, 0.3) is 11.4 Å². The van der Waals surface area contributed by atoms with Crippen molar-refractivity contribution >= 4 is 17.3 Å². The van der Waals surface area contributed by atoms with Crippen LogP contribution in [-0.4, -0.2) is 30.0 Å². The van der Waals surface area contributed by atoms with Gasteiger partial charge < -0.3 is 19.5 Å². The Hall–Kier alpha value is -2.41. The van der Waals surface area contributed by atoms with Crippen LogP contribution in [0.2, 0.25) is 5.02 Å². The first-order valence-corrected chi connectivity index (χ1v) is 9.36. The zero-order chi connectivity index (χ0) is 19.8. The van der Waals surface area contributed by atoms with Gasteiger partial charge in [-0.3, -0.25) is 4.79 Å². The third-order valence-electron chi connectivity index (χ3n) is 3.93. The van der Waals surface area contributed by atoms with Crippen LogP contribution in [0.4, 0.5) is 5.69 Å². The number of hydrogen-bond donors (Lipinski definition) is 2. The number of aromatic amines is 1. The Morgan fingerprint density at radius 1 is 1.30 bits per heavy atom. The molecule has 148 valence electrons. The van der Waals surface area contributed by atoms with E-state index in [0.717, 1.165) is 18.4 Å². The molecule has 8 heteroatoms. The van der Waals surface area contributed by atoms with E-state index in [1.54, 1.807) is 7.11 Å². The number of nitrogens with zero attached hydrogens (tertiary/aromatic N) is 1. The van der Waals surface area contributed by atoms with E-state index in [4.69, 9.17) is 25.8 Å². The van der Waals surface area contributed by atoms with Crippen LogP contribution < -0.4 is 25.1 Å². The molecule has 1 atom stereocenters. The number of methoxy groups -OCH3 is 1. The minimum absolute atomic E-state index is 0.0145. The van der Waals surface area contributed by atoms with Gasteiger partial charge >= 0.3 is 0 Å². The fourth-order valence-electron chi connectivity index (χ4n) is 2.28. The van der Waals surface area contributed by atoms with E-state index in [9.17, 15) is 4.79 Å². The largest absolute Gasteiger partial charge is 0.493 e. The first kappa shape index (κ1) is 20.9. The number of halogens is 1. The highest BCUT2D eigenvalue weighted by Crippen LogP contribution is 2.31. The van der Waals surface area contributed by atoms with Crippen LogP contribution in [0.15, 0.2) is 23.0 Å². The Balaban J connectivity index is 2.22. The standard InChI is InChI=1S/C19H26ClN3O4/c1-5-9-26-19-17(16(20)18(24)22-23-19)21-11-13-7-8-14(25-4)15(10-13)27-12(3)6-2/h7-8,10,12H,5-6,9,11H2,1-4H3,(H2,21,22,24). The Morgan fingerprint density at radius 2 is 2.07 bits per heavy atom. The summed E-state index contributed by atoms with van der Waals surface area (Å²) in [6, 6.07) is 5.66. The number of rotatable bonds is 10. The average Bonchev–Trinajstić information content (AvgIpc) is 2.68. The predicted octanol–water partition coefficient (Wildman–Crippen LogP) is 4.01. The zero-order valence-electron chi connectivity index (χ0n) is 16.1. The van der Waals surface area contributed by atoms with Crippen molar-refractivity contribution in [3.8, 4) is 17.4 Å². The van der Waals surface area contributed by atoms with E-state index in [-0.39, 0.29) is 17.0 Å². The maximum atomic E-state index is 11.8. The summed E-state index contributed by atoms with van der Waals surface area (Å²) in [5.41, 5.74) is 0.833. The van der Waals surface area contributed by atoms with Gasteiger partial charge in [0, 0.05) is 6.54 Å². The second-order valence-electron chi connectivity index (χ2n) is 6.07. The number of anilines is 1. The second-order valence-corrected chi connectivity index (χ2v) is 6.45. The lowest BCUT2D eigenvalue weighted by Crippen LogP contribution is -2.15. The molecule has 1 heterocycles. The van der Waals surface area contributed by atoms with E-state index in [2.05, 4.69) is 22.4 Å². The molecule has 0 aliphatic carbocycles. The minimum Gasteiger partial charge on any atom is -0.493 e. The topological polar surface area (TPSA) is 85.5 Å². The van der Waals surface area contributed by atoms with Crippen molar-refractivity contribution in [2.75, 3.05) is 19.0 Å². The number of ether oxygens (including phenoxy) is 3.